The second-order valence-corrected chi connectivity index (χ2v) is 9.35. The van der Waals surface area contributed by atoms with Gasteiger partial charge in [0.05, 0.1) is 18.8 Å². The molecule has 2 N–H and O–H groups in total. The van der Waals surface area contributed by atoms with E-state index in [2.05, 4.69) is 10.3 Å². The number of hydrogen-bond donors (Lipinski definition) is 2. The van der Waals surface area contributed by atoms with Crippen molar-refractivity contribution in [2.24, 2.45) is 0 Å². The molecule has 0 aliphatic carbocycles. The van der Waals surface area contributed by atoms with Crippen molar-refractivity contribution in [2.45, 2.75) is 44.0 Å². The van der Waals surface area contributed by atoms with Gasteiger partial charge in [0.15, 0.2) is 5.44 Å². The number of ether oxygens (including phenoxy) is 1. The number of aryl methyl sites for hydroxylation is 1. The number of amides is 1. The number of sulfonamides is 1. The summed E-state index contributed by atoms with van der Waals surface area (Å²) in [6.45, 7) is 3.01. The minimum absolute atomic E-state index is 0.0459. The maximum atomic E-state index is 13.0. The van der Waals surface area contributed by atoms with Crippen LogP contribution < -0.4 is 5.32 Å². The van der Waals surface area contributed by atoms with Gasteiger partial charge < -0.3 is 15.2 Å². The van der Waals surface area contributed by atoms with Crippen LogP contribution in [0.1, 0.15) is 35.6 Å². The molecule has 2 aromatic rings. The fourth-order valence-corrected chi connectivity index (χ4v) is 5.14. The largest absolute Gasteiger partial charge is 0.374 e. The topological polar surface area (TPSA) is 109 Å². The van der Waals surface area contributed by atoms with Crippen LogP contribution in [0, 0.1) is 6.92 Å². The Kier molecular flexibility index (Phi) is 7.54. The van der Waals surface area contributed by atoms with E-state index in [1.165, 1.54) is 16.7 Å². The third-order valence-corrected chi connectivity index (χ3v) is 7.35. The fraction of sp³-hybridized carbons (Fsp3) is 0.429. The van der Waals surface area contributed by atoms with Crippen LogP contribution in [-0.2, 0) is 26.2 Å². The molecule has 1 aromatic carbocycles. The lowest BCUT2D eigenvalue weighted by molar-refractivity contribution is -0.110. The van der Waals surface area contributed by atoms with Crippen LogP contribution in [0.2, 0.25) is 0 Å². The fourth-order valence-electron chi connectivity index (χ4n) is 3.53. The summed E-state index contributed by atoms with van der Waals surface area (Å²) in [5, 5.41) is 13.0. The van der Waals surface area contributed by atoms with E-state index in [0.717, 1.165) is 11.1 Å². The van der Waals surface area contributed by atoms with E-state index >= 15 is 0 Å². The van der Waals surface area contributed by atoms with Crippen LogP contribution in [0.3, 0.4) is 0 Å². The number of carbonyl (C=O) groups is 1. The Morgan fingerprint density at radius 1 is 1.27 bits per heavy atom. The Balaban J connectivity index is 1.60. The summed E-state index contributed by atoms with van der Waals surface area (Å²) in [6.07, 6.45) is 4.36. The quantitative estimate of drug-likeness (QED) is 0.580. The number of nitrogens with zero attached hydrogens (tertiary/aromatic N) is 2. The first-order valence-electron chi connectivity index (χ1n) is 9.86. The van der Waals surface area contributed by atoms with Crippen molar-refractivity contribution in [3.63, 3.8) is 0 Å². The van der Waals surface area contributed by atoms with Gasteiger partial charge >= 0.3 is 0 Å². The molecule has 9 heteroatoms. The van der Waals surface area contributed by atoms with Crippen LogP contribution in [0.25, 0.3) is 0 Å². The highest BCUT2D eigenvalue weighted by Crippen LogP contribution is 2.26. The van der Waals surface area contributed by atoms with Crippen molar-refractivity contribution < 1.29 is 23.1 Å². The molecule has 2 heterocycles. The zero-order chi connectivity index (χ0) is 21.6. The zero-order valence-corrected chi connectivity index (χ0v) is 17.7. The van der Waals surface area contributed by atoms with Crippen molar-refractivity contribution in [3.8, 4) is 0 Å². The molecule has 3 rings (SSSR count). The Hall–Kier alpha value is -2.33. The van der Waals surface area contributed by atoms with Gasteiger partial charge in [-0.2, -0.15) is 4.31 Å². The lowest BCUT2D eigenvalue weighted by Crippen LogP contribution is -2.48. The van der Waals surface area contributed by atoms with E-state index in [9.17, 15) is 18.3 Å². The predicted molar refractivity (Wildman–Crippen MR) is 112 cm³/mol. The monoisotopic (exact) mass is 433 g/mol. The minimum atomic E-state index is -4.04. The number of carbonyl (C=O) groups excluding carboxylic acids is 1. The molecule has 0 radical (unpaired) electrons. The average molecular weight is 434 g/mol. The highest BCUT2D eigenvalue weighted by molar-refractivity contribution is 7.89. The first-order chi connectivity index (χ1) is 14.4. The molecule has 1 aromatic heterocycles. The molecule has 1 aliphatic heterocycles. The molecule has 1 aliphatic rings. The van der Waals surface area contributed by atoms with Gasteiger partial charge in [0.2, 0.25) is 16.4 Å². The summed E-state index contributed by atoms with van der Waals surface area (Å²) >= 11 is 0. The van der Waals surface area contributed by atoms with E-state index in [0.29, 0.717) is 31.4 Å². The van der Waals surface area contributed by atoms with Gasteiger partial charge in [0, 0.05) is 25.5 Å². The third kappa shape index (κ3) is 5.23. The second-order valence-electron chi connectivity index (χ2n) is 7.32. The van der Waals surface area contributed by atoms with Gasteiger partial charge in [-0.25, -0.2) is 8.42 Å². The van der Waals surface area contributed by atoms with Gasteiger partial charge in [-0.05, 0) is 42.5 Å². The van der Waals surface area contributed by atoms with Crippen molar-refractivity contribution in [3.05, 3.63) is 65.5 Å². The SMILES string of the molecule is Cc1ccccc1COC1CCN(S(=O)(=O)C(O)C(NC=O)c2cccnc2)CC1. The predicted octanol–water partition coefficient (Wildman–Crippen LogP) is 1.51. The molecule has 1 fully saturated rings. The molecular formula is C21H27N3O5S. The van der Waals surface area contributed by atoms with Crippen LogP contribution in [0.5, 0.6) is 0 Å². The summed E-state index contributed by atoms with van der Waals surface area (Å²) in [5.41, 5.74) is 0.875. The van der Waals surface area contributed by atoms with Crippen molar-refractivity contribution in [1.82, 2.24) is 14.6 Å². The maximum absolute atomic E-state index is 13.0. The summed E-state index contributed by atoms with van der Waals surface area (Å²) in [7, 11) is -4.04. The number of piperidine rings is 1. The molecule has 1 amide bonds. The Labute approximate surface area is 176 Å². The molecule has 162 valence electrons. The van der Waals surface area contributed by atoms with Gasteiger partial charge in [0.25, 0.3) is 0 Å². The standard InChI is InChI=1S/C21H27N3O5S/c1-16-5-2-3-6-18(16)14-29-19-8-11-24(12-9-19)30(27,28)21(26)20(23-15-25)17-7-4-10-22-13-17/h2-7,10,13,15,19-21,26H,8-9,11-12,14H2,1H3,(H,23,25). The number of benzene rings is 1. The zero-order valence-electron chi connectivity index (χ0n) is 16.8. The van der Waals surface area contributed by atoms with Gasteiger partial charge in [0.1, 0.15) is 0 Å². The van der Waals surface area contributed by atoms with E-state index in [1.807, 2.05) is 31.2 Å². The molecule has 2 unspecified atom stereocenters. The summed E-state index contributed by atoms with van der Waals surface area (Å²) < 4.78 is 33.2. The van der Waals surface area contributed by atoms with Crippen molar-refractivity contribution in [1.29, 1.82) is 0 Å². The second kappa shape index (κ2) is 10.1. The summed E-state index contributed by atoms with van der Waals surface area (Å²) in [6, 6.07) is 10.1. The molecule has 0 spiro atoms. The number of rotatable bonds is 9. The number of aromatic nitrogens is 1. The number of pyridine rings is 1. The first-order valence-corrected chi connectivity index (χ1v) is 11.4. The van der Waals surface area contributed by atoms with Crippen molar-refractivity contribution >= 4 is 16.4 Å². The average Bonchev–Trinajstić information content (AvgIpc) is 2.77. The van der Waals surface area contributed by atoms with Gasteiger partial charge in [-0.3, -0.25) is 9.78 Å². The third-order valence-electron chi connectivity index (χ3n) is 5.38. The molecule has 1 saturated heterocycles. The Morgan fingerprint density at radius 2 is 2.00 bits per heavy atom. The number of aliphatic hydroxyl groups is 1. The van der Waals surface area contributed by atoms with E-state index in [4.69, 9.17) is 4.74 Å². The highest BCUT2D eigenvalue weighted by Gasteiger charge is 2.39. The normalized spacial score (nSPS) is 17.9. The Morgan fingerprint density at radius 3 is 2.63 bits per heavy atom. The van der Waals surface area contributed by atoms with Crippen LogP contribution in [0.4, 0.5) is 0 Å². The van der Waals surface area contributed by atoms with Crippen molar-refractivity contribution in [2.75, 3.05) is 13.1 Å². The smallest absolute Gasteiger partial charge is 0.243 e. The van der Waals surface area contributed by atoms with E-state index < -0.39 is 21.5 Å². The minimum Gasteiger partial charge on any atom is -0.374 e. The summed E-state index contributed by atoms with van der Waals surface area (Å²) in [4.78, 5) is 14.9. The molecule has 30 heavy (non-hydrogen) atoms. The van der Waals surface area contributed by atoms with Crippen LogP contribution >= 0.6 is 0 Å². The molecular weight excluding hydrogens is 406 g/mol. The van der Waals surface area contributed by atoms with Crippen LogP contribution in [-0.4, -0.2) is 53.9 Å². The van der Waals surface area contributed by atoms with E-state index in [1.54, 1.807) is 12.1 Å². The van der Waals surface area contributed by atoms with Gasteiger partial charge in [-0.1, -0.05) is 30.3 Å². The first kappa shape index (κ1) is 22.4. The number of aliphatic hydroxyl groups excluding tert-OH is 1. The molecule has 2 atom stereocenters. The lowest BCUT2D eigenvalue weighted by Gasteiger charge is -2.34. The van der Waals surface area contributed by atoms with Crippen LogP contribution in [0.15, 0.2) is 48.8 Å². The lowest BCUT2D eigenvalue weighted by atomic mass is 10.1. The molecule has 0 bridgehead atoms. The Bertz CT molecular complexity index is 931. The molecule has 0 saturated carbocycles. The van der Waals surface area contributed by atoms with E-state index in [-0.39, 0.29) is 19.2 Å². The number of nitrogens with one attached hydrogen (secondary N) is 1. The summed E-state index contributed by atoms with van der Waals surface area (Å²) in [5.74, 6) is 0. The molecule has 8 nitrogen and oxygen atoms in total. The highest BCUT2D eigenvalue weighted by atomic mass is 32.2. The maximum Gasteiger partial charge on any atom is 0.243 e. The van der Waals surface area contributed by atoms with Gasteiger partial charge in [-0.15, -0.1) is 0 Å². The number of hydrogen-bond acceptors (Lipinski definition) is 6.